The minimum Gasteiger partial charge on any atom is -0.378 e. The van der Waals surface area contributed by atoms with Gasteiger partial charge in [-0.25, -0.2) is 4.39 Å². The van der Waals surface area contributed by atoms with Crippen molar-refractivity contribution < 1.29 is 9.18 Å². The number of benzene rings is 1. The molecule has 0 saturated heterocycles. The highest BCUT2D eigenvalue weighted by Gasteiger charge is 2.13. The Labute approximate surface area is 116 Å². The highest BCUT2D eigenvalue weighted by Crippen LogP contribution is 2.25. The number of halogens is 1. The third-order valence-electron chi connectivity index (χ3n) is 3.21. The molecule has 4 nitrogen and oxygen atoms in total. The van der Waals surface area contributed by atoms with Crippen LogP contribution in [0.25, 0.3) is 0 Å². The van der Waals surface area contributed by atoms with Gasteiger partial charge in [0.2, 0.25) is 5.91 Å². The van der Waals surface area contributed by atoms with E-state index in [1.54, 1.807) is 25.4 Å². The predicted octanol–water partition coefficient (Wildman–Crippen LogP) is 2.80. The summed E-state index contributed by atoms with van der Waals surface area (Å²) in [5, 5.41) is 3.19. The molecule has 3 N–H and O–H groups in total. The number of carbonyl (C=O) groups is 1. The topological polar surface area (TPSA) is 68.0 Å². The number of nitrogens with two attached hydrogens (primary N) is 1. The molecule has 1 aromatic carbocycles. The first-order chi connectivity index (χ1) is 9.49. The average Bonchev–Trinajstić information content (AvgIpc) is 2.44. The fraction of sp³-hybridized carbons (Fsp3) is 0.200. The lowest BCUT2D eigenvalue weighted by molar-refractivity contribution is 0.1000. The molecule has 0 aliphatic carbocycles. The van der Waals surface area contributed by atoms with Gasteiger partial charge in [0.15, 0.2) is 0 Å². The molecule has 2 rings (SSSR count). The predicted molar refractivity (Wildman–Crippen MR) is 75.9 cm³/mol. The van der Waals surface area contributed by atoms with Gasteiger partial charge in [-0.05, 0) is 43.7 Å². The summed E-state index contributed by atoms with van der Waals surface area (Å²) in [6, 6.07) is 6.43. The summed E-state index contributed by atoms with van der Waals surface area (Å²) in [6.07, 6.45) is 3.39. The Bertz CT molecular complexity index is 629. The van der Waals surface area contributed by atoms with E-state index in [1.165, 1.54) is 0 Å². The summed E-state index contributed by atoms with van der Waals surface area (Å²) in [6.45, 7) is 3.60. The van der Waals surface area contributed by atoms with E-state index in [4.69, 9.17) is 5.73 Å². The van der Waals surface area contributed by atoms with Crippen LogP contribution in [-0.4, -0.2) is 10.9 Å². The molecule has 1 heterocycles. The number of hydrogen-bond acceptors (Lipinski definition) is 3. The fourth-order valence-corrected chi connectivity index (χ4v) is 1.94. The summed E-state index contributed by atoms with van der Waals surface area (Å²) in [5.41, 5.74) is 7.38. The number of hydrogen-bond donors (Lipinski definition) is 2. The van der Waals surface area contributed by atoms with Crippen molar-refractivity contribution in [2.45, 2.75) is 19.9 Å². The Balaban J connectivity index is 2.31. The first-order valence-electron chi connectivity index (χ1n) is 6.25. The molecular formula is C15H16FN3O. The molecule has 1 aromatic heterocycles. The smallest absolute Gasteiger partial charge is 0.248 e. The second-order valence-electron chi connectivity index (χ2n) is 4.64. The van der Waals surface area contributed by atoms with Crippen LogP contribution >= 0.6 is 0 Å². The van der Waals surface area contributed by atoms with Crippen molar-refractivity contribution >= 4 is 11.6 Å². The summed E-state index contributed by atoms with van der Waals surface area (Å²) < 4.78 is 13.8. The van der Waals surface area contributed by atoms with Crippen molar-refractivity contribution in [3.63, 3.8) is 0 Å². The Kier molecular flexibility index (Phi) is 3.98. The zero-order chi connectivity index (χ0) is 14.7. The maximum absolute atomic E-state index is 13.8. The van der Waals surface area contributed by atoms with Crippen molar-refractivity contribution in [2.75, 3.05) is 5.32 Å². The van der Waals surface area contributed by atoms with Crippen LogP contribution in [0.15, 0.2) is 36.7 Å². The maximum atomic E-state index is 13.8. The van der Waals surface area contributed by atoms with E-state index in [0.717, 1.165) is 11.6 Å². The second-order valence-corrected chi connectivity index (χ2v) is 4.64. The molecule has 1 atom stereocenters. The minimum absolute atomic E-state index is 0.0424. The van der Waals surface area contributed by atoms with Crippen LogP contribution in [0.3, 0.4) is 0 Å². The summed E-state index contributed by atoms with van der Waals surface area (Å²) >= 11 is 0. The number of anilines is 1. The molecule has 0 aliphatic rings. The van der Waals surface area contributed by atoms with Crippen molar-refractivity contribution in [2.24, 2.45) is 5.73 Å². The first-order valence-corrected chi connectivity index (χ1v) is 6.25. The van der Waals surface area contributed by atoms with Gasteiger partial charge in [0, 0.05) is 35.2 Å². The van der Waals surface area contributed by atoms with Crippen molar-refractivity contribution in [1.82, 2.24) is 4.98 Å². The summed E-state index contributed by atoms with van der Waals surface area (Å²) in [4.78, 5) is 15.1. The van der Waals surface area contributed by atoms with E-state index in [1.807, 2.05) is 19.1 Å². The van der Waals surface area contributed by atoms with Crippen molar-refractivity contribution in [3.05, 3.63) is 59.2 Å². The number of amides is 1. The highest BCUT2D eigenvalue weighted by atomic mass is 19.1. The lowest BCUT2D eigenvalue weighted by Gasteiger charge is -2.18. The zero-order valence-electron chi connectivity index (χ0n) is 11.4. The lowest BCUT2D eigenvalue weighted by atomic mass is 10.1. The van der Waals surface area contributed by atoms with Crippen LogP contribution in [0.4, 0.5) is 10.1 Å². The van der Waals surface area contributed by atoms with E-state index in [9.17, 15) is 9.18 Å². The van der Waals surface area contributed by atoms with E-state index in [-0.39, 0.29) is 11.6 Å². The average molecular weight is 273 g/mol. The standard InChI is InChI=1S/C15H16FN3O/c1-9-13(16)7-12(15(17)20)8-14(9)19-10(2)11-3-5-18-6-4-11/h3-8,10,19H,1-2H3,(H2,17,20). The molecule has 0 saturated carbocycles. The van der Waals surface area contributed by atoms with Crippen LogP contribution in [0.1, 0.15) is 34.5 Å². The molecule has 1 unspecified atom stereocenters. The number of nitrogens with one attached hydrogen (secondary N) is 1. The Morgan fingerprint density at radius 1 is 1.35 bits per heavy atom. The van der Waals surface area contributed by atoms with Crippen molar-refractivity contribution in [1.29, 1.82) is 0 Å². The number of aromatic nitrogens is 1. The molecule has 0 radical (unpaired) electrons. The van der Waals surface area contributed by atoms with Crippen LogP contribution in [0.2, 0.25) is 0 Å². The SMILES string of the molecule is Cc1c(F)cc(C(N)=O)cc1NC(C)c1ccncc1. The van der Waals surface area contributed by atoms with Gasteiger partial charge in [0.25, 0.3) is 0 Å². The van der Waals surface area contributed by atoms with Gasteiger partial charge in [-0.15, -0.1) is 0 Å². The monoisotopic (exact) mass is 273 g/mol. The van der Waals surface area contributed by atoms with E-state index >= 15 is 0 Å². The second kappa shape index (κ2) is 5.69. The molecule has 5 heteroatoms. The van der Waals surface area contributed by atoms with Gasteiger partial charge in [0.1, 0.15) is 5.82 Å². The zero-order valence-corrected chi connectivity index (χ0v) is 11.4. The van der Waals surface area contributed by atoms with Crippen LogP contribution < -0.4 is 11.1 Å². The normalized spacial score (nSPS) is 11.9. The number of pyridine rings is 1. The van der Waals surface area contributed by atoms with Gasteiger partial charge in [-0.2, -0.15) is 0 Å². The molecule has 104 valence electrons. The van der Waals surface area contributed by atoms with Crippen LogP contribution in [-0.2, 0) is 0 Å². The third-order valence-corrected chi connectivity index (χ3v) is 3.21. The summed E-state index contributed by atoms with van der Waals surface area (Å²) in [5.74, 6) is -1.10. The van der Waals surface area contributed by atoms with Crippen LogP contribution in [0.5, 0.6) is 0 Å². The van der Waals surface area contributed by atoms with Gasteiger partial charge in [0.05, 0.1) is 0 Å². The van der Waals surface area contributed by atoms with Crippen molar-refractivity contribution in [3.8, 4) is 0 Å². The number of nitrogens with zero attached hydrogens (tertiary/aromatic N) is 1. The van der Waals surface area contributed by atoms with Gasteiger partial charge < -0.3 is 11.1 Å². The molecule has 0 spiro atoms. The molecule has 0 aliphatic heterocycles. The Morgan fingerprint density at radius 3 is 2.60 bits per heavy atom. The minimum atomic E-state index is -0.650. The van der Waals surface area contributed by atoms with E-state index in [0.29, 0.717) is 11.3 Å². The lowest BCUT2D eigenvalue weighted by Crippen LogP contribution is -2.14. The molecule has 1 amide bonds. The number of carbonyl (C=O) groups excluding carboxylic acids is 1. The van der Waals surface area contributed by atoms with Gasteiger partial charge in [-0.3, -0.25) is 9.78 Å². The molecule has 20 heavy (non-hydrogen) atoms. The maximum Gasteiger partial charge on any atom is 0.248 e. The Morgan fingerprint density at radius 2 is 2.00 bits per heavy atom. The highest BCUT2D eigenvalue weighted by molar-refractivity contribution is 5.94. The molecule has 0 fully saturated rings. The quantitative estimate of drug-likeness (QED) is 0.900. The third kappa shape index (κ3) is 2.93. The van der Waals surface area contributed by atoms with Gasteiger partial charge in [-0.1, -0.05) is 0 Å². The van der Waals surface area contributed by atoms with Crippen LogP contribution in [0, 0.1) is 12.7 Å². The molecule has 2 aromatic rings. The van der Waals surface area contributed by atoms with E-state index < -0.39 is 11.7 Å². The molecule has 0 bridgehead atoms. The Hall–Kier alpha value is -2.43. The number of primary amides is 1. The molecular weight excluding hydrogens is 257 g/mol. The largest absolute Gasteiger partial charge is 0.378 e. The van der Waals surface area contributed by atoms with Gasteiger partial charge >= 0.3 is 0 Å². The summed E-state index contributed by atoms with van der Waals surface area (Å²) in [7, 11) is 0. The van der Waals surface area contributed by atoms with E-state index in [2.05, 4.69) is 10.3 Å². The number of rotatable bonds is 4. The fourth-order valence-electron chi connectivity index (χ4n) is 1.94. The first kappa shape index (κ1) is 14.0.